The molecule has 1 heterocycles. The van der Waals surface area contributed by atoms with Crippen LogP contribution in [0.2, 0.25) is 0 Å². The minimum Gasteiger partial charge on any atom is -0.377 e. The van der Waals surface area contributed by atoms with Gasteiger partial charge >= 0.3 is 0 Å². The quantitative estimate of drug-likeness (QED) is 0.852. The van der Waals surface area contributed by atoms with E-state index in [9.17, 15) is 0 Å². The molecule has 3 nitrogen and oxygen atoms in total. The molecule has 112 valence electrons. The van der Waals surface area contributed by atoms with Crippen molar-refractivity contribution >= 4 is 0 Å². The van der Waals surface area contributed by atoms with Crippen molar-refractivity contribution in [1.29, 1.82) is 0 Å². The minimum absolute atomic E-state index is 0.311. The summed E-state index contributed by atoms with van der Waals surface area (Å²) in [7, 11) is 2.23. The van der Waals surface area contributed by atoms with E-state index >= 15 is 0 Å². The van der Waals surface area contributed by atoms with Crippen molar-refractivity contribution in [3.05, 3.63) is 0 Å². The Kier molecular flexibility index (Phi) is 5.27. The number of hydrogen-bond acceptors (Lipinski definition) is 3. The van der Waals surface area contributed by atoms with Crippen LogP contribution in [0.5, 0.6) is 0 Å². The van der Waals surface area contributed by atoms with E-state index < -0.39 is 0 Å². The molecule has 3 heteroatoms. The van der Waals surface area contributed by atoms with E-state index in [1.807, 2.05) is 0 Å². The molecule has 0 amide bonds. The number of ether oxygens (including phenoxy) is 1. The van der Waals surface area contributed by atoms with Gasteiger partial charge in [0.2, 0.25) is 0 Å². The van der Waals surface area contributed by atoms with Gasteiger partial charge in [0.25, 0.3) is 0 Å². The number of nitrogens with zero attached hydrogens (tertiary/aromatic N) is 1. The number of rotatable bonds is 4. The monoisotopic (exact) mass is 268 g/mol. The molecular formula is C16H32N2O. The van der Waals surface area contributed by atoms with E-state index in [0.717, 1.165) is 19.7 Å². The van der Waals surface area contributed by atoms with E-state index in [2.05, 4.69) is 25.8 Å². The van der Waals surface area contributed by atoms with Crippen molar-refractivity contribution in [1.82, 2.24) is 4.90 Å². The van der Waals surface area contributed by atoms with Crippen LogP contribution in [0.3, 0.4) is 0 Å². The van der Waals surface area contributed by atoms with E-state index in [0.29, 0.717) is 23.5 Å². The summed E-state index contributed by atoms with van der Waals surface area (Å²) in [6.45, 7) is 7.81. The Labute approximate surface area is 118 Å². The fraction of sp³-hybridized carbons (Fsp3) is 1.00. The first kappa shape index (κ1) is 15.3. The Morgan fingerprint density at radius 3 is 2.63 bits per heavy atom. The second kappa shape index (κ2) is 6.55. The first-order chi connectivity index (χ1) is 8.99. The summed E-state index contributed by atoms with van der Waals surface area (Å²) in [5.74, 6) is 0.650. The second-order valence-electron chi connectivity index (χ2n) is 7.38. The lowest BCUT2D eigenvalue weighted by molar-refractivity contribution is -0.00696. The molecule has 0 aromatic carbocycles. The van der Waals surface area contributed by atoms with Gasteiger partial charge < -0.3 is 15.4 Å². The van der Waals surface area contributed by atoms with Gasteiger partial charge in [-0.25, -0.2) is 0 Å². The van der Waals surface area contributed by atoms with Gasteiger partial charge in [-0.1, -0.05) is 20.3 Å². The predicted octanol–water partition coefficient (Wildman–Crippen LogP) is 2.64. The summed E-state index contributed by atoms with van der Waals surface area (Å²) in [6.07, 6.45) is 8.15. The van der Waals surface area contributed by atoms with Crippen molar-refractivity contribution in [3.8, 4) is 0 Å². The van der Waals surface area contributed by atoms with E-state index in [-0.39, 0.29) is 0 Å². The summed E-state index contributed by atoms with van der Waals surface area (Å²) in [5.41, 5.74) is 6.79. The Hall–Kier alpha value is -0.120. The Bertz CT molecular complexity index is 274. The maximum absolute atomic E-state index is 6.48. The van der Waals surface area contributed by atoms with Crippen LogP contribution >= 0.6 is 0 Å². The summed E-state index contributed by atoms with van der Waals surface area (Å²) < 4.78 is 5.83. The lowest BCUT2D eigenvalue weighted by atomic mass is 9.68. The molecule has 2 N–H and O–H groups in total. The highest BCUT2D eigenvalue weighted by molar-refractivity contribution is 4.92. The van der Waals surface area contributed by atoms with Crippen LogP contribution in [-0.2, 0) is 4.74 Å². The Morgan fingerprint density at radius 2 is 1.95 bits per heavy atom. The molecule has 0 aromatic rings. The highest BCUT2D eigenvalue weighted by Crippen LogP contribution is 2.37. The number of likely N-dealkylation sites (N-methyl/N-ethyl adjacent to an activating group) is 1. The highest BCUT2D eigenvalue weighted by atomic mass is 16.5. The summed E-state index contributed by atoms with van der Waals surface area (Å²) >= 11 is 0. The molecule has 3 unspecified atom stereocenters. The Balaban J connectivity index is 1.79. The van der Waals surface area contributed by atoms with Gasteiger partial charge in [-0.15, -0.1) is 0 Å². The molecule has 1 saturated heterocycles. The van der Waals surface area contributed by atoms with Crippen LogP contribution in [0.25, 0.3) is 0 Å². The molecule has 0 aromatic heterocycles. The normalized spacial score (nSPS) is 35.5. The second-order valence-corrected chi connectivity index (χ2v) is 7.38. The zero-order valence-electron chi connectivity index (χ0n) is 13.0. The van der Waals surface area contributed by atoms with Crippen molar-refractivity contribution in [2.24, 2.45) is 17.1 Å². The molecule has 0 spiro atoms. The summed E-state index contributed by atoms with van der Waals surface area (Å²) in [4.78, 5) is 2.45. The third-order valence-corrected chi connectivity index (χ3v) is 5.14. The van der Waals surface area contributed by atoms with Gasteiger partial charge in [-0.3, -0.25) is 0 Å². The maximum atomic E-state index is 6.48. The van der Waals surface area contributed by atoms with E-state index in [1.165, 1.54) is 38.5 Å². The van der Waals surface area contributed by atoms with Gasteiger partial charge in [0.15, 0.2) is 0 Å². The van der Waals surface area contributed by atoms with E-state index in [1.54, 1.807) is 0 Å². The fourth-order valence-corrected chi connectivity index (χ4v) is 3.78. The summed E-state index contributed by atoms with van der Waals surface area (Å²) in [6, 6.07) is 0.343. The van der Waals surface area contributed by atoms with Crippen molar-refractivity contribution in [2.45, 2.75) is 64.5 Å². The molecular weight excluding hydrogens is 236 g/mol. The third kappa shape index (κ3) is 4.17. The first-order valence-electron chi connectivity index (χ1n) is 8.05. The van der Waals surface area contributed by atoms with E-state index in [4.69, 9.17) is 10.5 Å². The molecule has 2 aliphatic rings. The first-order valence-corrected chi connectivity index (χ1v) is 8.05. The zero-order valence-corrected chi connectivity index (χ0v) is 13.0. The van der Waals surface area contributed by atoms with Crippen LogP contribution < -0.4 is 5.73 Å². The largest absolute Gasteiger partial charge is 0.377 e. The lowest BCUT2D eigenvalue weighted by Crippen LogP contribution is -2.50. The average Bonchev–Trinajstić information content (AvgIpc) is 2.36. The topological polar surface area (TPSA) is 38.5 Å². The van der Waals surface area contributed by atoms with Crippen LogP contribution in [0, 0.1) is 11.3 Å². The fourth-order valence-electron chi connectivity index (χ4n) is 3.78. The minimum atomic E-state index is 0.311. The lowest BCUT2D eigenvalue weighted by Gasteiger charge is -2.43. The molecule has 0 bridgehead atoms. The average molecular weight is 268 g/mol. The predicted molar refractivity (Wildman–Crippen MR) is 80.2 cm³/mol. The maximum Gasteiger partial charge on any atom is 0.0701 e. The summed E-state index contributed by atoms with van der Waals surface area (Å²) in [5, 5.41) is 0. The molecule has 2 rings (SSSR count). The van der Waals surface area contributed by atoms with Crippen molar-refractivity contribution in [3.63, 3.8) is 0 Å². The van der Waals surface area contributed by atoms with Crippen LogP contribution in [0.1, 0.15) is 52.4 Å². The molecule has 1 aliphatic carbocycles. The van der Waals surface area contributed by atoms with Gasteiger partial charge in [0.1, 0.15) is 0 Å². The van der Waals surface area contributed by atoms with Crippen LogP contribution in [0.15, 0.2) is 0 Å². The van der Waals surface area contributed by atoms with Gasteiger partial charge in [0.05, 0.1) is 6.10 Å². The molecule has 3 atom stereocenters. The molecule has 1 saturated carbocycles. The molecule has 1 aliphatic heterocycles. The standard InChI is InChI=1S/C16H32N2O/c1-16(2)9-6-7-13(15(16)17)11-18(3)12-14-8-4-5-10-19-14/h13-15H,4-12,17H2,1-3H3. The molecule has 0 radical (unpaired) electrons. The van der Waals surface area contributed by atoms with Gasteiger partial charge in [0, 0.05) is 25.7 Å². The highest BCUT2D eigenvalue weighted by Gasteiger charge is 2.36. The van der Waals surface area contributed by atoms with Crippen molar-refractivity contribution in [2.75, 3.05) is 26.7 Å². The zero-order chi connectivity index (χ0) is 13.9. The number of nitrogens with two attached hydrogens (primary N) is 1. The molecule has 2 fully saturated rings. The van der Waals surface area contributed by atoms with Crippen LogP contribution in [-0.4, -0.2) is 43.8 Å². The van der Waals surface area contributed by atoms with Crippen LogP contribution in [0.4, 0.5) is 0 Å². The Morgan fingerprint density at radius 1 is 1.16 bits per heavy atom. The smallest absolute Gasteiger partial charge is 0.0701 e. The number of hydrogen-bond donors (Lipinski definition) is 1. The third-order valence-electron chi connectivity index (χ3n) is 5.14. The van der Waals surface area contributed by atoms with Crippen molar-refractivity contribution < 1.29 is 4.74 Å². The van der Waals surface area contributed by atoms with Gasteiger partial charge in [-0.05, 0) is 50.5 Å². The van der Waals surface area contributed by atoms with Gasteiger partial charge in [-0.2, -0.15) is 0 Å². The SMILES string of the molecule is CN(CC1CCCCO1)CC1CCCC(C)(C)C1N. The molecule has 19 heavy (non-hydrogen) atoms.